The quantitative estimate of drug-likeness (QED) is 0.165. The Kier molecular flexibility index (Phi) is 13.2. The predicted molar refractivity (Wildman–Crippen MR) is 209 cm³/mol. The molecule has 0 saturated heterocycles. The Labute approximate surface area is 316 Å². The largest absolute Gasteiger partial charge is 0.360 e. The molecule has 0 aliphatic carbocycles. The Morgan fingerprint density at radius 3 is 1.63 bits per heavy atom. The van der Waals surface area contributed by atoms with Crippen LogP contribution in [0.2, 0.25) is 5.02 Å². The number of hydrogen-bond donors (Lipinski definition) is 1. The number of sulfone groups is 2. The van der Waals surface area contributed by atoms with Gasteiger partial charge in [0.15, 0.2) is 0 Å². The molecule has 8 nitrogen and oxygen atoms in total. The van der Waals surface area contributed by atoms with E-state index in [1.54, 1.807) is 48.5 Å². The predicted octanol–water partition coefficient (Wildman–Crippen LogP) is 10.6. The second-order valence-corrected chi connectivity index (χ2v) is 22.2. The van der Waals surface area contributed by atoms with Crippen LogP contribution in [0.3, 0.4) is 0 Å². The number of aryl methyl sites for hydroxylation is 4. The Balaban J connectivity index is 0.000000202. The number of H-pyrrole nitrogens is 1. The highest BCUT2D eigenvalue weighted by atomic mass is 36.0. The molecule has 0 radical (unpaired) electrons. The van der Waals surface area contributed by atoms with Gasteiger partial charge in [0.25, 0.3) is 0 Å². The molecular formula is C36H33Cl4N2O6PS2. The molecule has 0 aliphatic heterocycles. The number of aromatic nitrogens is 2. The van der Waals surface area contributed by atoms with Crippen LogP contribution in [0.25, 0.3) is 21.8 Å². The van der Waals surface area contributed by atoms with Crippen LogP contribution in [0.4, 0.5) is 0 Å². The van der Waals surface area contributed by atoms with Gasteiger partial charge in [-0.1, -0.05) is 73.0 Å². The molecule has 1 N–H and O–H groups in total. The van der Waals surface area contributed by atoms with Gasteiger partial charge in [0.05, 0.1) is 20.3 Å². The SMILES string of the molecule is CCc1ccc(S(=O)(=O)c2c[nH]c3ccc(C)cc3c2=O)cc1.CCc1ccc(S(=O)(=O)c2cnc3ccc(C)cc3c2Cl)cc1.O=P(Cl)(Cl)Cl. The lowest BCUT2D eigenvalue weighted by atomic mass is 10.1. The van der Waals surface area contributed by atoms with Gasteiger partial charge in [0, 0.05) is 28.7 Å². The summed E-state index contributed by atoms with van der Waals surface area (Å²) >= 11 is 20.2. The molecule has 268 valence electrons. The molecule has 0 unspecified atom stereocenters. The number of rotatable bonds is 6. The second-order valence-electron chi connectivity index (χ2n) is 11.4. The summed E-state index contributed by atoms with van der Waals surface area (Å²) in [6, 6.07) is 24.5. The third-order valence-electron chi connectivity index (χ3n) is 7.79. The maximum atomic E-state index is 12.9. The standard InChI is InChI=1S/C18H16ClNO2S.C18H17NO3S.Cl3OP/c1-3-13-5-7-14(8-6-13)23(21,22)17-11-20-16-9-4-12(2)10-15(16)18(17)19;1-3-13-5-7-14(8-6-13)23(21,22)17-11-19-16-9-4-12(2)10-15(16)18(17)20;1-5(2,3)4/h4-11H,3H2,1-2H3;4-11H,3H2,1-2H3,(H,19,20);. The first-order valence-corrected chi connectivity index (χ1v) is 23.2. The first-order chi connectivity index (χ1) is 23.9. The highest BCUT2D eigenvalue weighted by Gasteiger charge is 2.24. The number of hydrogen-bond acceptors (Lipinski definition) is 7. The maximum absolute atomic E-state index is 12.9. The van der Waals surface area contributed by atoms with E-state index in [1.165, 1.54) is 12.4 Å². The molecule has 4 aromatic carbocycles. The molecule has 0 spiro atoms. The first kappa shape index (κ1) is 40.6. The monoisotopic (exact) mass is 824 g/mol. The minimum absolute atomic E-state index is 0.0431. The van der Waals surface area contributed by atoms with Crippen LogP contribution in [-0.2, 0) is 37.1 Å². The fourth-order valence-electron chi connectivity index (χ4n) is 5.02. The van der Waals surface area contributed by atoms with E-state index in [9.17, 15) is 26.2 Å². The highest BCUT2D eigenvalue weighted by Crippen LogP contribution is 2.61. The number of aromatic amines is 1. The van der Waals surface area contributed by atoms with Crippen LogP contribution in [0.5, 0.6) is 0 Å². The van der Waals surface area contributed by atoms with E-state index < -0.39 is 30.3 Å². The van der Waals surface area contributed by atoms with Gasteiger partial charge in [0.2, 0.25) is 25.1 Å². The van der Waals surface area contributed by atoms with Gasteiger partial charge in [-0.25, -0.2) is 16.8 Å². The average Bonchev–Trinajstić information content (AvgIpc) is 3.08. The van der Waals surface area contributed by atoms with Crippen molar-refractivity contribution in [2.45, 2.75) is 60.1 Å². The third kappa shape index (κ3) is 10.0. The minimum Gasteiger partial charge on any atom is -0.360 e. The summed E-state index contributed by atoms with van der Waals surface area (Å²) in [4.78, 5) is 20.0. The number of halogens is 4. The molecule has 6 rings (SSSR count). The number of nitrogens with one attached hydrogen (secondary N) is 1. The van der Waals surface area contributed by atoms with E-state index in [-0.39, 0.29) is 24.6 Å². The molecule has 2 heterocycles. The van der Waals surface area contributed by atoms with Gasteiger partial charge >= 0.3 is 5.20 Å². The Morgan fingerprint density at radius 1 is 0.686 bits per heavy atom. The van der Waals surface area contributed by atoms with Crippen LogP contribution in [0.1, 0.15) is 36.1 Å². The van der Waals surface area contributed by atoms with E-state index in [4.69, 9.17) is 11.6 Å². The van der Waals surface area contributed by atoms with Gasteiger partial charge in [0.1, 0.15) is 9.79 Å². The molecule has 15 heteroatoms. The van der Waals surface area contributed by atoms with Crippen molar-refractivity contribution in [3.05, 3.63) is 135 Å². The van der Waals surface area contributed by atoms with Crippen LogP contribution in [0, 0.1) is 13.8 Å². The van der Waals surface area contributed by atoms with Crippen molar-refractivity contribution >= 4 is 92.0 Å². The third-order valence-corrected chi connectivity index (χ3v) is 11.9. The molecule has 0 aliphatic rings. The summed E-state index contributed by atoms with van der Waals surface area (Å²) in [6.45, 7) is 7.82. The molecule has 0 bridgehead atoms. The molecule has 0 atom stereocenters. The van der Waals surface area contributed by atoms with Gasteiger partial charge in [-0.15, -0.1) is 0 Å². The molecule has 0 fully saturated rings. The summed E-state index contributed by atoms with van der Waals surface area (Å²) in [5.41, 5.74) is 4.88. The van der Waals surface area contributed by atoms with E-state index in [1.807, 2.05) is 64.1 Å². The Hall–Kier alpha value is -3.21. The van der Waals surface area contributed by atoms with E-state index >= 15 is 0 Å². The van der Waals surface area contributed by atoms with E-state index in [0.29, 0.717) is 21.8 Å². The Morgan fingerprint density at radius 2 is 1.14 bits per heavy atom. The van der Waals surface area contributed by atoms with Crippen LogP contribution in [0.15, 0.2) is 122 Å². The van der Waals surface area contributed by atoms with Crippen molar-refractivity contribution in [3.8, 4) is 0 Å². The van der Waals surface area contributed by atoms with Crippen molar-refractivity contribution in [3.63, 3.8) is 0 Å². The maximum Gasteiger partial charge on any atom is 0.339 e. The van der Waals surface area contributed by atoms with Gasteiger partial charge in [-0.05, 0) is 120 Å². The average molecular weight is 827 g/mol. The summed E-state index contributed by atoms with van der Waals surface area (Å²) in [6.07, 6.45) is 4.31. The van der Waals surface area contributed by atoms with Crippen molar-refractivity contribution in [2.75, 3.05) is 0 Å². The topological polar surface area (TPSA) is 131 Å². The zero-order valence-electron chi connectivity index (χ0n) is 27.8. The lowest BCUT2D eigenvalue weighted by molar-refractivity contribution is 0.593. The summed E-state index contributed by atoms with van der Waals surface area (Å²) in [5, 5.41) is -1.97. The number of benzene rings is 4. The molecule has 2 aromatic heterocycles. The summed E-state index contributed by atoms with van der Waals surface area (Å²) in [7, 11) is -7.54. The Bertz CT molecular complexity index is 2530. The van der Waals surface area contributed by atoms with Crippen molar-refractivity contribution in [1.29, 1.82) is 0 Å². The number of pyridine rings is 2. The first-order valence-electron chi connectivity index (χ1n) is 15.4. The number of fused-ring (bicyclic) bond motifs is 2. The smallest absolute Gasteiger partial charge is 0.339 e. The molecule has 0 saturated carbocycles. The van der Waals surface area contributed by atoms with Gasteiger partial charge < -0.3 is 4.98 Å². The normalized spacial score (nSPS) is 11.8. The summed E-state index contributed by atoms with van der Waals surface area (Å²) < 4.78 is 60.8. The molecular weight excluding hydrogens is 793 g/mol. The molecule has 51 heavy (non-hydrogen) atoms. The zero-order chi connectivity index (χ0) is 37.7. The van der Waals surface area contributed by atoms with Gasteiger partial charge in [-0.3, -0.25) is 14.3 Å². The lowest BCUT2D eigenvalue weighted by Crippen LogP contribution is -2.16. The van der Waals surface area contributed by atoms with Crippen molar-refractivity contribution < 1.29 is 21.4 Å². The minimum atomic E-state index is -3.84. The van der Waals surface area contributed by atoms with Crippen LogP contribution < -0.4 is 5.43 Å². The van der Waals surface area contributed by atoms with Gasteiger partial charge in [-0.2, -0.15) is 0 Å². The second kappa shape index (κ2) is 16.6. The fraction of sp³-hybridized carbons (Fsp3) is 0.167. The van der Waals surface area contributed by atoms with Crippen molar-refractivity contribution in [2.24, 2.45) is 0 Å². The van der Waals surface area contributed by atoms with E-state index in [0.717, 1.165) is 35.1 Å². The number of nitrogens with zero attached hydrogens (tertiary/aromatic N) is 1. The van der Waals surface area contributed by atoms with Crippen LogP contribution in [-0.4, -0.2) is 26.8 Å². The molecule has 0 amide bonds. The zero-order valence-corrected chi connectivity index (χ0v) is 33.4. The lowest BCUT2D eigenvalue weighted by Gasteiger charge is -2.09. The summed E-state index contributed by atoms with van der Waals surface area (Å²) in [5.74, 6) is 0. The fourth-order valence-corrected chi connectivity index (χ4v) is 8.13. The van der Waals surface area contributed by atoms with E-state index in [2.05, 4.69) is 43.7 Å². The van der Waals surface area contributed by atoms with Crippen molar-refractivity contribution in [1.82, 2.24) is 9.97 Å². The highest BCUT2D eigenvalue weighted by molar-refractivity contribution is 8.24. The van der Waals surface area contributed by atoms with Crippen LogP contribution >= 0.6 is 50.5 Å². The molecule has 6 aromatic rings.